The number of hydrogen-bond acceptors (Lipinski definition) is 49. The molecule has 58 nitrogen and oxygen atoms in total. The first-order chi connectivity index (χ1) is 67.8. The van der Waals surface area contributed by atoms with Gasteiger partial charge in [-0.25, -0.2) is 85.8 Å². The first-order valence-electron chi connectivity index (χ1n) is 43.4. The highest BCUT2D eigenvalue weighted by atomic mass is 32.7. The molecule has 0 aromatic carbocycles. The van der Waals surface area contributed by atoms with Crippen LogP contribution in [0.4, 0.5) is 29.1 Å². The van der Waals surface area contributed by atoms with Gasteiger partial charge in [-0.2, -0.15) is 15.0 Å². The molecular formula is C72H98N23O35P7S7. The highest BCUT2D eigenvalue weighted by molar-refractivity contribution is 8.46. The molecule has 7 fully saturated rings. The third-order valence-corrected chi connectivity index (χ3v) is 35.6. The van der Waals surface area contributed by atoms with E-state index in [2.05, 4.69) is 141 Å². The lowest BCUT2D eigenvalue weighted by Crippen LogP contribution is -2.33. The molecule has 7 aliphatic rings. The van der Waals surface area contributed by atoms with Crippen LogP contribution in [0.3, 0.4) is 0 Å². The lowest BCUT2D eigenvalue weighted by Gasteiger charge is -2.27. The van der Waals surface area contributed by atoms with Crippen LogP contribution in [0.2, 0.25) is 0 Å². The summed E-state index contributed by atoms with van der Waals surface area (Å²) in [6.07, 6.45) is -17.6. The second-order valence-electron chi connectivity index (χ2n) is 33.8. The molecule has 144 heavy (non-hydrogen) atoms. The zero-order chi connectivity index (χ0) is 104. The highest BCUT2D eigenvalue weighted by Crippen LogP contribution is 2.65. The second-order valence-corrected chi connectivity index (χ2v) is 54.1. The number of rotatable bonds is 41. The average Bonchev–Trinajstić information content (AvgIpc) is 1.62. The van der Waals surface area contributed by atoms with E-state index < -0.39 is 262 Å². The zero-order valence-corrected chi connectivity index (χ0v) is 88.8. The Morgan fingerprint density at radius 3 is 0.812 bits per heavy atom. The van der Waals surface area contributed by atoms with Crippen molar-refractivity contribution in [1.82, 2.24) is 86.8 Å². The molecule has 0 spiro atoms. The Labute approximate surface area is 849 Å². The third kappa shape index (κ3) is 25.9. The van der Waals surface area contributed by atoms with Gasteiger partial charge in [0.15, 0.2) is 22.9 Å². The lowest BCUT2D eigenvalue weighted by atomic mass is 10.1. The molecule has 0 aliphatic carbocycles. The Morgan fingerprint density at radius 1 is 0.326 bits per heavy atom. The molecule has 9 aromatic heterocycles. The molecule has 0 amide bonds. The zero-order valence-electron chi connectivity index (χ0n) is 76.3. The van der Waals surface area contributed by atoms with Crippen molar-refractivity contribution in [2.45, 2.75) is 222 Å². The summed E-state index contributed by atoms with van der Waals surface area (Å²) < 4.78 is 237. The number of nitrogen functional groups attached to an aromatic ring is 5. The fourth-order valence-corrected chi connectivity index (χ4v) is 26.8. The fourth-order valence-electron chi connectivity index (χ4n) is 16.7. The van der Waals surface area contributed by atoms with E-state index >= 15 is 9.13 Å². The van der Waals surface area contributed by atoms with Gasteiger partial charge in [0.1, 0.15) is 158 Å². The summed E-state index contributed by atoms with van der Waals surface area (Å²) in [4.78, 5) is 133. The van der Waals surface area contributed by atoms with E-state index in [9.17, 15) is 56.4 Å². The fraction of sp³-hybridized carbons (Fsp3) is 0.583. The minimum Gasteiger partial charge on any atom is -0.383 e. The third-order valence-electron chi connectivity index (χ3n) is 23.9. The topological polar surface area (TPSA) is 745 Å². The van der Waals surface area contributed by atoms with Crippen molar-refractivity contribution in [2.75, 3.05) is 75.4 Å². The number of hydrogen-bond donors (Lipinski definition) is 14. The summed E-state index contributed by atoms with van der Waals surface area (Å²) in [5.41, 5.74) is 26.1. The number of aromatic amines is 2. The maximum absolute atomic E-state index is 15.1. The van der Waals surface area contributed by atoms with Gasteiger partial charge >= 0.3 is 76.0 Å². The SMILES string of the molecule is CC[C@H]1O[C@@H](n2cc(C)c(N)nc2=O)C[C@H]1OP(=O)(S)OC[C@H]1O[C@@H](n2cc(C)c(N)nc2=O)C[C@H]1OP(=O)(S)OC[C@H]1O[C@@H](n2cc(C)c(N)nc2=O)C[C@H]1OP(=O)(S)OC[C@H]1O[C@@H](n2cnc3c(N)ncnc32)C[C@H]1OP(=O)(S)OC[C@H]1O[C@@H](n2cc(C)c(=O)[nH]c2=O)C[C@H]1OP(=O)(S)OC[C@H]1O[C@@H](n2cc(C)c(=O)[nH]c2=O)C[C@H]1OP(=O)(S)OC[C@H]1O[C@@H](n2cnc3c(N)ncnc32)C[C@H]1OP(=O)(S)OC. The number of anilines is 5. The summed E-state index contributed by atoms with van der Waals surface area (Å²) in [5, 5.41) is 0. The van der Waals surface area contributed by atoms with Gasteiger partial charge in [-0.15, -0.1) is 0 Å². The molecule has 72 heteroatoms. The van der Waals surface area contributed by atoms with Crippen molar-refractivity contribution in [1.29, 1.82) is 0 Å². The number of nitrogens with zero attached hydrogens (tertiary/aromatic N) is 16. The predicted molar refractivity (Wildman–Crippen MR) is 527 cm³/mol. The van der Waals surface area contributed by atoms with Gasteiger partial charge in [-0.1, -0.05) is 92.7 Å². The quantitative estimate of drug-likeness (QED) is 0.0134. The largest absolute Gasteiger partial charge is 0.386 e. The van der Waals surface area contributed by atoms with Crippen LogP contribution in [0.25, 0.3) is 22.3 Å². The number of aromatic nitrogens is 18. The van der Waals surface area contributed by atoms with Crippen LogP contribution in [0.1, 0.15) is 130 Å². The standard InChI is InChI=1S/C72H98N23O35P7S7/c1-8-36-37(9-50(117-36)89-16-31(2)59(73)84-68(89)98)125-132(104,139)111-22-45-39(10-51(118-45)90-17-32(3)60(74)85-69(90)99)126-134(106,141)113-23-46-40(11-52(119-46)91-18-33(4)61(75)86-70(91)100)127-136(108,143)116-26-49-43(15-56(123-49)95-30-83-58-63(77)79-28-81-65(58)95)130-137(109,144)115-25-48-42(13-54(121-48)93-20-35(6)67(97)88-72(93)102)129-135(107,142)114-24-47-41(12-53(120-47)92-19-34(5)66(96)87-71(92)101)128-133(105,140)112-21-44-38(124-131(103,138)110-7)14-55(122-44)94-29-82-57-62(76)78-27-80-64(57)94/h16-20,27-30,36-56H,8-15,21-26H2,1-7H3,(H,103,138)(H,104,139)(H,105,140)(H,106,141)(H,107,142)(H,108,143)(H,109,144)(H2,73,84,98)(H2,74,85,99)(H2,75,86,100)(H2,76,78,80)(H2,77,79,81)(H,87,96,101)(H,88,97,102)/t36-,37-,38-,39-,40-,41-,42-,43-,44-,45-,46-,47-,48-,49-,50-,51-,52-,53-,54-,55-,56-,131?,132?,133?,134?,135?,136?,137?/m1/s1. The Bertz CT molecular complexity index is 7180. The van der Waals surface area contributed by atoms with Crippen molar-refractivity contribution in [3.8, 4) is 0 Å². The molecule has 0 bridgehead atoms. The van der Waals surface area contributed by atoms with Gasteiger partial charge in [-0.3, -0.25) is 110 Å². The maximum atomic E-state index is 15.1. The van der Waals surface area contributed by atoms with Crippen molar-refractivity contribution >= 4 is 185 Å². The van der Waals surface area contributed by atoms with Crippen LogP contribution in [-0.2, 0) is 128 Å². The molecule has 7 unspecified atom stereocenters. The molecule has 788 valence electrons. The molecule has 16 heterocycles. The van der Waals surface area contributed by atoms with Crippen LogP contribution in [0.15, 0.2) is 89.9 Å². The molecule has 12 N–H and O–H groups in total. The summed E-state index contributed by atoms with van der Waals surface area (Å²) in [5.74, 6) is -0.182. The van der Waals surface area contributed by atoms with Crippen LogP contribution >= 0.6 is 133 Å². The van der Waals surface area contributed by atoms with Crippen molar-refractivity contribution in [2.24, 2.45) is 0 Å². The molecule has 0 saturated carbocycles. The van der Waals surface area contributed by atoms with Crippen LogP contribution in [0.5, 0.6) is 0 Å². The molecule has 0 radical (unpaired) electrons. The second kappa shape index (κ2) is 44.3. The number of nitrogens with two attached hydrogens (primary N) is 5. The Balaban J connectivity index is 0.605. The van der Waals surface area contributed by atoms with E-state index in [1.807, 2.05) is 0 Å². The average molecular weight is 2290 g/mol. The van der Waals surface area contributed by atoms with E-state index in [-0.39, 0.29) is 101 Å². The number of H-pyrrole nitrogens is 2. The summed E-state index contributed by atoms with van der Waals surface area (Å²) in [6, 6.07) is 0. The predicted octanol–water partition coefficient (Wildman–Crippen LogP) is 7.12. The number of nitrogens with one attached hydrogen (secondary N) is 2. The van der Waals surface area contributed by atoms with Crippen molar-refractivity contribution in [3.05, 3.63) is 157 Å². The Morgan fingerprint density at radius 2 is 0.556 bits per heavy atom. The van der Waals surface area contributed by atoms with E-state index in [0.29, 0.717) is 23.1 Å². The van der Waals surface area contributed by atoms with E-state index in [0.717, 1.165) is 37.9 Å². The Kier molecular flexibility index (Phi) is 33.9. The summed E-state index contributed by atoms with van der Waals surface area (Å²) >= 11 is 30.0. The summed E-state index contributed by atoms with van der Waals surface area (Å²) in [6.45, 7) is -28.1. The minimum absolute atomic E-state index is 0.0173. The smallest absolute Gasteiger partial charge is 0.383 e. The molecule has 7 aliphatic heterocycles. The lowest BCUT2D eigenvalue weighted by molar-refractivity contribution is -0.0536. The van der Waals surface area contributed by atoms with Gasteiger partial charge < -0.3 is 66.4 Å². The number of ether oxygens (including phenoxy) is 7. The van der Waals surface area contributed by atoms with Crippen LogP contribution in [0, 0.1) is 34.6 Å². The summed E-state index contributed by atoms with van der Waals surface area (Å²) in [7, 11) is 1.09. The number of thiol groups is 7. The van der Waals surface area contributed by atoms with Crippen LogP contribution in [-0.4, -0.2) is 219 Å². The van der Waals surface area contributed by atoms with Gasteiger partial charge in [0, 0.05) is 111 Å². The first-order valence-corrected chi connectivity index (χ1v) is 62.3. The minimum atomic E-state index is -4.90. The number of aryl methyl sites for hydroxylation is 5. The number of imidazole rings is 2. The van der Waals surface area contributed by atoms with Gasteiger partial charge in [0.05, 0.1) is 64.5 Å². The Hall–Kier alpha value is -6.68. The van der Waals surface area contributed by atoms with Crippen molar-refractivity contribution in [3.63, 3.8) is 0 Å². The molecule has 16 rings (SSSR count). The molecule has 7 saturated heterocycles. The van der Waals surface area contributed by atoms with E-state index in [1.54, 1.807) is 27.7 Å². The monoisotopic (exact) mass is 2290 g/mol. The molecular weight excluding hydrogens is 2190 g/mol. The van der Waals surface area contributed by atoms with Gasteiger partial charge in [0.2, 0.25) is 0 Å². The van der Waals surface area contributed by atoms with Crippen LogP contribution < -0.4 is 68.2 Å². The van der Waals surface area contributed by atoms with E-state index in [1.165, 1.54) is 71.3 Å². The molecule has 9 aromatic rings. The van der Waals surface area contributed by atoms with Crippen molar-refractivity contribution < 1.29 is 128 Å². The molecule has 28 atom stereocenters. The van der Waals surface area contributed by atoms with Gasteiger partial charge in [-0.05, 0) is 41.0 Å². The first kappa shape index (κ1) is 110. The normalized spacial score (nSPS) is 29.7. The van der Waals surface area contributed by atoms with Gasteiger partial charge in [0.25, 0.3) is 11.1 Å². The highest BCUT2D eigenvalue weighted by Gasteiger charge is 2.53. The van der Waals surface area contributed by atoms with E-state index in [4.69, 9.17) is 125 Å². The number of fused-ring (bicyclic) bond motifs is 2. The maximum Gasteiger partial charge on any atom is 0.386 e.